The van der Waals surface area contributed by atoms with E-state index in [-0.39, 0.29) is 0 Å². The number of hydrogen-bond donors (Lipinski definition) is 2. The number of rotatable bonds is 2. The number of hydrogen-bond acceptors (Lipinski definition) is 4. The number of nitrogens with one attached hydrogen (secondary N) is 2. The maximum Gasteiger partial charge on any atom is 0.197 e. The first kappa shape index (κ1) is 7.65. The Morgan fingerprint density at radius 3 is 2.91 bits per heavy atom. The molecule has 0 amide bonds. The molecule has 2 N–H and O–H groups in total. The third-order valence-corrected chi connectivity index (χ3v) is 1.38. The molecule has 1 aromatic rings. The minimum atomic E-state index is 0.429. The largest absolute Gasteiger partial charge is 0.385 e. The van der Waals surface area contributed by atoms with Gasteiger partial charge in [-0.3, -0.25) is 0 Å². The van der Waals surface area contributed by atoms with Crippen molar-refractivity contribution in [3.8, 4) is 0 Å². The van der Waals surface area contributed by atoms with E-state index < -0.39 is 0 Å². The molecular formula is C7H10N4. The van der Waals surface area contributed by atoms with E-state index in [9.17, 15) is 0 Å². The van der Waals surface area contributed by atoms with Gasteiger partial charge in [-0.1, -0.05) is 0 Å². The zero-order valence-corrected chi connectivity index (χ0v) is 6.55. The van der Waals surface area contributed by atoms with Crippen molar-refractivity contribution in [2.24, 2.45) is 5.11 Å². The highest BCUT2D eigenvalue weighted by Gasteiger charge is 1.99. The van der Waals surface area contributed by atoms with E-state index in [2.05, 4.69) is 15.4 Å². The predicted molar refractivity (Wildman–Crippen MR) is 43.3 cm³/mol. The van der Waals surface area contributed by atoms with Crippen LogP contribution in [0.15, 0.2) is 17.4 Å². The highest BCUT2D eigenvalue weighted by atomic mass is 15.1. The van der Waals surface area contributed by atoms with E-state index in [4.69, 9.17) is 5.53 Å². The molecule has 0 spiro atoms. The molecule has 1 heterocycles. The van der Waals surface area contributed by atoms with E-state index in [1.54, 1.807) is 13.2 Å². The van der Waals surface area contributed by atoms with Crippen LogP contribution in [0, 0.1) is 12.5 Å². The molecule has 0 aromatic carbocycles. The van der Waals surface area contributed by atoms with Crippen LogP contribution in [0.2, 0.25) is 0 Å². The molecule has 0 bridgehead atoms. The van der Waals surface area contributed by atoms with Crippen LogP contribution < -0.4 is 5.32 Å². The van der Waals surface area contributed by atoms with Crippen molar-refractivity contribution >= 4 is 11.5 Å². The fraction of sp³-hybridized carbons (Fsp3) is 0.286. The SMILES string of the molecule is CNc1cc(C)cnc1N=N. The maximum atomic E-state index is 6.78. The van der Waals surface area contributed by atoms with E-state index in [0.29, 0.717) is 5.82 Å². The van der Waals surface area contributed by atoms with Gasteiger partial charge >= 0.3 is 0 Å². The highest BCUT2D eigenvalue weighted by molar-refractivity contribution is 5.60. The zero-order valence-electron chi connectivity index (χ0n) is 6.55. The summed E-state index contributed by atoms with van der Waals surface area (Å²) in [5, 5.41) is 6.17. The molecule has 0 saturated heterocycles. The number of nitrogens with zero attached hydrogens (tertiary/aromatic N) is 2. The van der Waals surface area contributed by atoms with Crippen molar-refractivity contribution in [1.29, 1.82) is 5.53 Å². The molecule has 0 unspecified atom stereocenters. The number of aryl methyl sites for hydroxylation is 1. The van der Waals surface area contributed by atoms with Crippen molar-refractivity contribution in [2.45, 2.75) is 6.92 Å². The van der Waals surface area contributed by atoms with Crippen LogP contribution in [0.4, 0.5) is 11.5 Å². The molecule has 0 aliphatic rings. The van der Waals surface area contributed by atoms with Gasteiger partial charge in [0.05, 0.1) is 5.69 Å². The average Bonchev–Trinajstić information content (AvgIpc) is 2.04. The molecule has 0 saturated carbocycles. The van der Waals surface area contributed by atoms with Crippen molar-refractivity contribution in [3.05, 3.63) is 17.8 Å². The van der Waals surface area contributed by atoms with Crippen molar-refractivity contribution in [1.82, 2.24) is 4.98 Å². The molecule has 0 aliphatic carbocycles. The van der Waals surface area contributed by atoms with E-state index >= 15 is 0 Å². The molecule has 0 aliphatic heterocycles. The molecule has 0 fully saturated rings. The summed E-state index contributed by atoms with van der Waals surface area (Å²) >= 11 is 0. The molecule has 4 heteroatoms. The molecule has 0 radical (unpaired) electrons. The Morgan fingerprint density at radius 2 is 2.36 bits per heavy atom. The van der Waals surface area contributed by atoms with Gasteiger partial charge in [-0.15, -0.1) is 5.11 Å². The second-order valence-electron chi connectivity index (χ2n) is 2.25. The van der Waals surface area contributed by atoms with E-state index in [1.165, 1.54) is 0 Å². The lowest BCUT2D eigenvalue weighted by Gasteiger charge is -2.02. The lowest BCUT2D eigenvalue weighted by Crippen LogP contribution is -1.90. The maximum absolute atomic E-state index is 6.78. The summed E-state index contributed by atoms with van der Waals surface area (Å²) in [5.41, 5.74) is 8.63. The Kier molecular flexibility index (Phi) is 2.15. The quantitative estimate of drug-likeness (QED) is 0.634. The van der Waals surface area contributed by atoms with Gasteiger partial charge in [0.1, 0.15) is 0 Å². The molecule has 1 aromatic heterocycles. The number of pyridine rings is 1. The first-order chi connectivity index (χ1) is 5.27. The monoisotopic (exact) mass is 150 g/mol. The number of aromatic nitrogens is 1. The number of anilines is 1. The van der Waals surface area contributed by atoms with Crippen LogP contribution in [0.5, 0.6) is 0 Å². The van der Waals surface area contributed by atoms with Crippen LogP contribution >= 0.6 is 0 Å². The van der Waals surface area contributed by atoms with E-state index in [1.807, 2.05) is 13.0 Å². The average molecular weight is 150 g/mol. The first-order valence-electron chi connectivity index (χ1n) is 3.30. The minimum Gasteiger partial charge on any atom is -0.385 e. The predicted octanol–water partition coefficient (Wildman–Crippen LogP) is 2.09. The third kappa shape index (κ3) is 1.52. The normalized spacial score (nSPS) is 9.27. The van der Waals surface area contributed by atoms with Crippen LogP contribution in [-0.2, 0) is 0 Å². The topological polar surface area (TPSA) is 61.1 Å². The Hall–Kier alpha value is -1.45. The van der Waals surface area contributed by atoms with Crippen molar-refractivity contribution in [3.63, 3.8) is 0 Å². The van der Waals surface area contributed by atoms with Gasteiger partial charge in [-0.25, -0.2) is 10.5 Å². The van der Waals surface area contributed by atoms with Crippen LogP contribution in [0.3, 0.4) is 0 Å². The zero-order chi connectivity index (χ0) is 8.27. The van der Waals surface area contributed by atoms with Gasteiger partial charge in [0.15, 0.2) is 5.82 Å². The van der Waals surface area contributed by atoms with Gasteiger partial charge in [-0.05, 0) is 18.6 Å². The summed E-state index contributed by atoms with van der Waals surface area (Å²) in [6.45, 7) is 1.95. The van der Waals surface area contributed by atoms with Gasteiger partial charge in [0.25, 0.3) is 0 Å². The first-order valence-corrected chi connectivity index (χ1v) is 3.30. The van der Waals surface area contributed by atoms with Gasteiger partial charge < -0.3 is 5.32 Å². The van der Waals surface area contributed by atoms with Crippen LogP contribution in [0.25, 0.3) is 0 Å². The molecule has 0 atom stereocenters. The van der Waals surface area contributed by atoms with Crippen LogP contribution in [-0.4, -0.2) is 12.0 Å². The van der Waals surface area contributed by atoms with Crippen LogP contribution in [0.1, 0.15) is 5.56 Å². The molecule has 4 nitrogen and oxygen atoms in total. The second-order valence-corrected chi connectivity index (χ2v) is 2.25. The lowest BCUT2D eigenvalue weighted by atomic mass is 10.3. The fourth-order valence-electron chi connectivity index (χ4n) is 0.835. The minimum absolute atomic E-state index is 0.429. The fourth-order valence-corrected chi connectivity index (χ4v) is 0.835. The Bertz CT molecular complexity index is 269. The summed E-state index contributed by atoms with van der Waals surface area (Å²) in [4.78, 5) is 3.95. The Balaban J connectivity index is 3.16. The van der Waals surface area contributed by atoms with E-state index in [0.717, 1.165) is 11.3 Å². The van der Waals surface area contributed by atoms with Gasteiger partial charge in [0.2, 0.25) is 0 Å². The highest BCUT2D eigenvalue weighted by Crippen LogP contribution is 2.21. The second kappa shape index (κ2) is 3.09. The standard InChI is InChI=1S/C7H10N4/c1-5-3-6(9-2)7(11-8)10-4-5/h3-4,8-9H,1-2H3. The van der Waals surface area contributed by atoms with Crippen molar-refractivity contribution in [2.75, 3.05) is 12.4 Å². The summed E-state index contributed by atoms with van der Waals surface area (Å²) < 4.78 is 0. The molecule has 11 heavy (non-hydrogen) atoms. The summed E-state index contributed by atoms with van der Waals surface area (Å²) in [6, 6.07) is 1.90. The van der Waals surface area contributed by atoms with Gasteiger partial charge in [0, 0.05) is 13.2 Å². The molecular weight excluding hydrogens is 140 g/mol. The summed E-state index contributed by atoms with van der Waals surface area (Å²) in [7, 11) is 1.78. The smallest absolute Gasteiger partial charge is 0.197 e. The Morgan fingerprint density at radius 1 is 1.64 bits per heavy atom. The lowest BCUT2D eigenvalue weighted by molar-refractivity contribution is 1.08. The third-order valence-electron chi connectivity index (χ3n) is 1.38. The summed E-state index contributed by atoms with van der Waals surface area (Å²) in [5.74, 6) is 0.429. The summed E-state index contributed by atoms with van der Waals surface area (Å²) in [6.07, 6.45) is 1.69. The Labute approximate surface area is 65.2 Å². The molecule has 1 rings (SSSR count). The van der Waals surface area contributed by atoms with Gasteiger partial charge in [-0.2, -0.15) is 0 Å². The molecule has 58 valence electrons. The van der Waals surface area contributed by atoms with Crippen molar-refractivity contribution < 1.29 is 0 Å².